The SMILES string of the molecule is CCOC(=O)CCC(=O)NCC(=O)NCCOC. The van der Waals surface area contributed by atoms with Crippen LogP contribution in [0.5, 0.6) is 0 Å². The zero-order chi connectivity index (χ0) is 13.8. The van der Waals surface area contributed by atoms with Crippen LogP contribution in [-0.2, 0) is 23.9 Å². The normalized spacial score (nSPS) is 9.67. The number of ether oxygens (including phenoxy) is 2. The van der Waals surface area contributed by atoms with Gasteiger partial charge in [0, 0.05) is 20.1 Å². The molecule has 7 nitrogen and oxygen atoms in total. The van der Waals surface area contributed by atoms with Crippen molar-refractivity contribution in [2.24, 2.45) is 0 Å². The summed E-state index contributed by atoms with van der Waals surface area (Å²) < 4.78 is 9.42. The standard InChI is InChI=1S/C11H20N2O5/c1-3-18-11(16)5-4-9(14)13-8-10(15)12-6-7-17-2/h3-8H2,1-2H3,(H,12,15)(H,13,14). The lowest BCUT2D eigenvalue weighted by Gasteiger charge is -2.06. The largest absolute Gasteiger partial charge is 0.466 e. The van der Waals surface area contributed by atoms with Gasteiger partial charge in [0.15, 0.2) is 0 Å². The zero-order valence-electron chi connectivity index (χ0n) is 10.8. The average molecular weight is 260 g/mol. The molecule has 2 N–H and O–H groups in total. The Labute approximate surface area is 106 Å². The molecule has 0 radical (unpaired) electrons. The molecule has 0 aromatic heterocycles. The molecular formula is C11H20N2O5. The van der Waals surface area contributed by atoms with Gasteiger partial charge in [-0.2, -0.15) is 0 Å². The molecule has 104 valence electrons. The van der Waals surface area contributed by atoms with Gasteiger partial charge in [-0.3, -0.25) is 14.4 Å². The van der Waals surface area contributed by atoms with Gasteiger partial charge >= 0.3 is 5.97 Å². The minimum absolute atomic E-state index is 0.0180. The van der Waals surface area contributed by atoms with Gasteiger partial charge in [-0.05, 0) is 6.92 Å². The van der Waals surface area contributed by atoms with E-state index in [1.54, 1.807) is 6.92 Å². The van der Waals surface area contributed by atoms with Crippen LogP contribution in [0.1, 0.15) is 19.8 Å². The summed E-state index contributed by atoms with van der Waals surface area (Å²) in [5, 5.41) is 4.96. The van der Waals surface area contributed by atoms with Gasteiger partial charge in [0.25, 0.3) is 0 Å². The van der Waals surface area contributed by atoms with Crippen molar-refractivity contribution in [3.8, 4) is 0 Å². The highest BCUT2D eigenvalue weighted by Gasteiger charge is 2.08. The van der Waals surface area contributed by atoms with Crippen molar-refractivity contribution in [3.05, 3.63) is 0 Å². The van der Waals surface area contributed by atoms with Crippen LogP contribution in [-0.4, -0.2) is 51.2 Å². The lowest BCUT2D eigenvalue weighted by Crippen LogP contribution is -2.38. The highest BCUT2D eigenvalue weighted by molar-refractivity contribution is 5.86. The Morgan fingerprint density at radius 2 is 1.78 bits per heavy atom. The van der Waals surface area contributed by atoms with E-state index in [-0.39, 0.29) is 31.2 Å². The van der Waals surface area contributed by atoms with Crippen LogP contribution in [0.2, 0.25) is 0 Å². The van der Waals surface area contributed by atoms with Gasteiger partial charge in [-0.15, -0.1) is 0 Å². The van der Waals surface area contributed by atoms with Crippen LogP contribution in [0.3, 0.4) is 0 Å². The molecule has 0 heterocycles. The zero-order valence-corrected chi connectivity index (χ0v) is 10.8. The summed E-state index contributed by atoms with van der Waals surface area (Å²) in [6, 6.07) is 0. The summed E-state index contributed by atoms with van der Waals surface area (Å²) in [5.41, 5.74) is 0. The van der Waals surface area contributed by atoms with Gasteiger partial charge in [0.1, 0.15) is 0 Å². The molecule has 18 heavy (non-hydrogen) atoms. The second-order valence-corrected chi connectivity index (χ2v) is 3.42. The molecular weight excluding hydrogens is 240 g/mol. The Kier molecular flexibility index (Phi) is 9.57. The summed E-state index contributed by atoms with van der Waals surface area (Å²) in [6.07, 6.45) is 0.0369. The molecule has 0 atom stereocenters. The fourth-order valence-electron chi connectivity index (χ4n) is 1.07. The maximum absolute atomic E-state index is 11.3. The first-order chi connectivity index (χ1) is 8.60. The van der Waals surface area contributed by atoms with E-state index < -0.39 is 5.97 Å². The van der Waals surface area contributed by atoms with Crippen molar-refractivity contribution in [1.29, 1.82) is 0 Å². The van der Waals surface area contributed by atoms with Crippen LogP contribution < -0.4 is 10.6 Å². The van der Waals surface area contributed by atoms with Crippen molar-refractivity contribution in [3.63, 3.8) is 0 Å². The molecule has 7 heteroatoms. The number of carbonyl (C=O) groups excluding carboxylic acids is 3. The smallest absolute Gasteiger partial charge is 0.306 e. The average Bonchev–Trinajstić information content (AvgIpc) is 2.34. The van der Waals surface area contributed by atoms with Crippen molar-refractivity contribution < 1.29 is 23.9 Å². The summed E-state index contributed by atoms with van der Waals surface area (Å²) >= 11 is 0. The summed E-state index contributed by atoms with van der Waals surface area (Å²) in [5.74, 6) is -1.07. The number of hydrogen-bond acceptors (Lipinski definition) is 5. The maximum atomic E-state index is 11.3. The van der Waals surface area contributed by atoms with Gasteiger partial charge in [-0.1, -0.05) is 0 Å². The molecule has 0 spiro atoms. The van der Waals surface area contributed by atoms with Gasteiger partial charge in [-0.25, -0.2) is 0 Å². The van der Waals surface area contributed by atoms with Crippen LogP contribution in [0.15, 0.2) is 0 Å². The Morgan fingerprint density at radius 3 is 2.39 bits per heavy atom. The minimum atomic E-state index is -0.419. The molecule has 0 aliphatic rings. The summed E-state index contributed by atoms with van der Waals surface area (Å²) in [6.45, 7) is 2.70. The maximum Gasteiger partial charge on any atom is 0.306 e. The molecule has 0 aliphatic heterocycles. The van der Waals surface area contributed by atoms with Crippen molar-refractivity contribution in [2.75, 3.05) is 33.4 Å². The van der Waals surface area contributed by atoms with Crippen molar-refractivity contribution in [2.45, 2.75) is 19.8 Å². The van der Waals surface area contributed by atoms with Gasteiger partial charge in [0.2, 0.25) is 11.8 Å². The predicted molar refractivity (Wildman–Crippen MR) is 63.8 cm³/mol. The molecule has 0 saturated carbocycles. The third-order valence-corrected chi connectivity index (χ3v) is 1.94. The molecule has 0 aromatic rings. The number of carbonyl (C=O) groups is 3. The first kappa shape index (κ1) is 16.4. The highest BCUT2D eigenvalue weighted by Crippen LogP contribution is 1.92. The number of amides is 2. The second-order valence-electron chi connectivity index (χ2n) is 3.42. The van der Waals surface area contributed by atoms with E-state index in [0.29, 0.717) is 19.8 Å². The fraction of sp³-hybridized carbons (Fsp3) is 0.727. The number of hydrogen-bond donors (Lipinski definition) is 2. The van der Waals surface area contributed by atoms with E-state index in [4.69, 9.17) is 4.74 Å². The second kappa shape index (κ2) is 10.5. The van der Waals surface area contributed by atoms with Crippen LogP contribution in [0.4, 0.5) is 0 Å². The molecule has 0 saturated heterocycles. The topological polar surface area (TPSA) is 93.7 Å². The minimum Gasteiger partial charge on any atom is -0.466 e. The third-order valence-electron chi connectivity index (χ3n) is 1.94. The number of esters is 1. The lowest BCUT2D eigenvalue weighted by atomic mass is 10.3. The summed E-state index contributed by atoms with van der Waals surface area (Å²) in [7, 11) is 1.53. The van der Waals surface area contributed by atoms with Crippen molar-refractivity contribution in [1.82, 2.24) is 10.6 Å². The van der Waals surface area contributed by atoms with E-state index in [9.17, 15) is 14.4 Å². The Morgan fingerprint density at radius 1 is 1.06 bits per heavy atom. The quantitative estimate of drug-likeness (QED) is 0.418. The predicted octanol–water partition coefficient (Wildman–Crippen LogP) is -0.791. The molecule has 0 aromatic carbocycles. The Hall–Kier alpha value is -1.63. The molecule has 0 rings (SSSR count). The van der Waals surface area contributed by atoms with Gasteiger partial charge < -0.3 is 20.1 Å². The monoisotopic (exact) mass is 260 g/mol. The third kappa shape index (κ3) is 9.59. The van der Waals surface area contributed by atoms with E-state index >= 15 is 0 Å². The highest BCUT2D eigenvalue weighted by atomic mass is 16.5. The van der Waals surface area contributed by atoms with E-state index in [0.717, 1.165) is 0 Å². The summed E-state index contributed by atoms with van der Waals surface area (Å²) in [4.78, 5) is 33.4. The molecule has 0 bridgehead atoms. The lowest BCUT2D eigenvalue weighted by molar-refractivity contribution is -0.144. The van der Waals surface area contributed by atoms with Crippen molar-refractivity contribution >= 4 is 17.8 Å². The molecule has 0 unspecified atom stereocenters. The molecule has 2 amide bonds. The van der Waals surface area contributed by atoms with Gasteiger partial charge in [0.05, 0.1) is 26.2 Å². The van der Waals surface area contributed by atoms with E-state index in [2.05, 4.69) is 15.4 Å². The van der Waals surface area contributed by atoms with E-state index in [1.807, 2.05) is 0 Å². The Balaban J connectivity index is 3.57. The van der Waals surface area contributed by atoms with Crippen LogP contribution in [0, 0.1) is 0 Å². The molecule has 0 aliphatic carbocycles. The fourth-order valence-corrected chi connectivity index (χ4v) is 1.07. The Bertz CT molecular complexity index is 281. The number of nitrogens with one attached hydrogen (secondary N) is 2. The molecule has 0 fully saturated rings. The number of rotatable bonds is 9. The van der Waals surface area contributed by atoms with Crippen LogP contribution >= 0.6 is 0 Å². The van der Waals surface area contributed by atoms with Crippen LogP contribution in [0.25, 0.3) is 0 Å². The first-order valence-electron chi connectivity index (χ1n) is 5.78. The first-order valence-corrected chi connectivity index (χ1v) is 5.78. The number of methoxy groups -OCH3 is 1. The van der Waals surface area contributed by atoms with E-state index in [1.165, 1.54) is 7.11 Å².